The van der Waals surface area contributed by atoms with Crippen LogP contribution in [0.1, 0.15) is 24.0 Å². The molecule has 0 unspecified atom stereocenters. The lowest BCUT2D eigenvalue weighted by Gasteiger charge is -2.33. The molecule has 0 aliphatic carbocycles. The Morgan fingerprint density at radius 3 is 2.82 bits per heavy atom. The minimum atomic E-state index is -0.0720. The van der Waals surface area contributed by atoms with Crippen LogP contribution in [-0.4, -0.2) is 33.6 Å². The van der Waals surface area contributed by atoms with Gasteiger partial charge in [-0.3, -0.25) is 4.79 Å². The van der Waals surface area contributed by atoms with Crippen molar-refractivity contribution in [3.05, 3.63) is 83.1 Å². The number of aryl methyl sites for hydroxylation is 1. The van der Waals surface area contributed by atoms with Crippen LogP contribution in [0.4, 0.5) is 5.82 Å². The predicted molar refractivity (Wildman–Crippen MR) is 131 cm³/mol. The molecule has 1 amide bonds. The molecule has 4 aromatic rings. The molecular formula is C26H26ClN5O. The van der Waals surface area contributed by atoms with E-state index in [1.54, 1.807) is 6.20 Å². The third-order valence-electron chi connectivity index (χ3n) is 6.20. The summed E-state index contributed by atoms with van der Waals surface area (Å²) in [6.07, 6.45) is 5.42. The number of amides is 1. The maximum Gasteiger partial charge on any atom is 0.225 e. The van der Waals surface area contributed by atoms with E-state index in [0.29, 0.717) is 18.1 Å². The summed E-state index contributed by atoms with van der Waals surface area (Å²) in [5.41, 5.74) is 4.93. The first kappa shape index (κ1) is 21.5. The number of hydrogen-bond donors (Lipinski definition) is 1. The van der Waals surface area contributed by atoms with Gasteiger partial charge < -0.3 is 10.2 Å². The number of fused-ring (bicyclic) bond motifs is 1. The summed E-state index contributed by atoms with van der Waals surface area (Å²) < 4.78 is 1.84. The number of nitrogens with zero attached hydrogens (tertiary/aromatic N) is 4. The summed E-state index contributed by atoms with van der Waals surface area (Å²) in [4.78, 5) is 19.8. The van der Waals surface area contributed by atoms with Crippen LogP contribution in [0.3, 0.4) is 0 Å². The van der Waals surface area contributed by atoms with E-state index in [2.05, 4.69) is 46.4 Å². The first-order valence-electron chi connectivity index (χ1n) is 11.3. The van der Waals surface area contributed by atoms with Gasteiger partial charge in [-0.2, -0.15) is 5.10 Å². The van der Waals surface area contributed by atoms with Crippen molar-refractivity contribution in [2.45, 2.75) is 26.3 Å². The maximum absolute atomic E-state index is 12.9. The minimum absolute atomic E-state index is 0.0720. The summed E-state index contributed by atoms with van der Waals surface area (Å²) in [5, 5.41) is 8.49. The Labute approximate surface area is 198 Å². The molecule has 1 saturated heterocycles. The second-order valence-corrected chi connectivity index (χ2v) is 8.99. The van der Waals surface area contributed by atoms with Crippen LogP contribution in [0.5, 0.6) is 0 Å². The Balaban J connectivity index is 1.33. The molecule has 5 rings (SSSR count). The predicted octanol–water partition coefficient (Wildman–Crippen LogP) is 4.89. The maximum atomic E-state index is 12.9. The van der Waals surface area contributed by atoms with Crippen LogP contribution in [0, 0.1) is 12.8 Å². The molecular weight excluding hydrogens is 434 g/mol. The number of piperidine rings is 1. The zero-order valence-corrected chi connectivity index (χ0v) is 19.3. The standard InChI is InChI=1S/C26H26ClN5O/c1-18-8-10-19(11-9-18)16-29-26(33)20-5-4-13-31(17-20)25-24-15-23(30-32(24)14-12-28-25)21-6-2-3-7-22(21)27/h2-3,6-12,14-15,20H,4-5,13,16-17H2,1H3,(H,29,33)/t20-/m0/s1. The molecule has 1 aliphatic rings. The molecule has 7 heteroatoms. The molecule has 0 saturated carbocycles. The Morgan fingerprint density at radius 2 is 2.00 bits per heavy atom. The number of hydrogen-bond acceptors (Lipinski definition) is 4. The highest BCUT2D eigenvalue weighted by Gasteiger charge is 2.27. The molecule has 0 bridgehead atoms. The molecule has 168 valence electrons. The van der Waals surface area contributed by atoms with Crippen LogP contribution in [0.15, 0.2) is 67.0 Å². The number of carbonyl (C=O) groups is 1. The first-order chi connectivity index (χ1) is 16.1. The van der Waals surface area contributed by atoms with Gasteiger partial charge >= 0.3 is 0 Å². The van der Waals surface area contributed by atoms with Gasteiger partial charge in [0, 0.05) is 37.6 Å². The number of aromatic nitrogens is 3. The average molecular weight is 460 g/mol. The van der Waals surface area contributed by atoms with E-state index >= 15 is 0 Å². The van der Waals surface area contributed by atoms with Gasteiger partial charge in [0.2, 0.25) is 5.91 Å². The normalized spacial score (nSPS) is 16.2. The number of nitrogens with one attached hydrogen (secondary N) is 1. The average Bonchev–Trinajstić information content (AvgIpc) is 3.28. The quantitative estimate of drug-likeness (QED) is 0.461. The topological polar surface area (TPSA) is 62.5 Å². The first-order valence-corrected chi connectivity index (χ1v) is 11.6. The third kappa shape index (κ3) is 4.57. The van der Waals surface area contributed by atoms with Gasteiger partial charge in [-0.25, -0.2) is 9.50 Å². The smallest absolute Gasteiger partial charge is 0.225 e. The number of halogens is 1. The summed E-state index contributed by atoms with van der Waals surface area (Å²) in [6, 6.07) is 18.0. The number of benzene rings is 2. The summed E-state index contributed by atoms with van der Waals surface area (Å²) >= 11 is 6.39. The molecule has 6 nitrogen and oxygen atoms in total. The van der Waals surface area contributed by atoms with Crippen LogP contribution in [0.2, 0.25) is 5.02 Å². The second kappa shape index (κ2) is 9.24. The van der Waals surface area contributed by atoms with Gasteiger partial charge in [0.05, 0.1) is 16.6 Å². The molecule has 1 N–H and O–H groups in total. The third-order valence-corrected chi connectivity index (χ3v) is 6.53. The van der Waals surface area contributed by atoms with Gasteiger partial charge in [-0.05, 0) is 37.5 Å². The monoisotopic (exact) mass is 459 g/mol. The molecule has 2 aromatic carbocycles. The molecule has 3 heterocycles. The van der Waals surface area contributed by atoms with E-state index in [4.69, 9.17) is 16.7 Å². The highest BCUT2D eigenvalue weighted by Crippen LogP contribution is 2.31. The van der Waals surface area contributed by atoms with E-state index in [9.17, 15) is 4.79 Å². The molecule has 0 radical (unpaired) electrons. The van der Waals surface area contributed by atoms with Gasteiger partial charge in [0.1, 0.15) is 5.52 Å². The summed E-state index contributed by atoms with van der Waals surface area (Å²) in [7, 11) is 0. The van der Waals surface area contributed by atoms with Crippen molar-refractivity contribution >= 4 is 28.8 Å². The SMILES string of the molecule is Cc1ccc(CNC(=O)[C@H]2CCCN(c3nccn4nc(-c5ccccc5Cl)cc34)C2)cc1. The van der Waals surface area contributed by atoms with Gasteiger partial charge in [-0.1, -0.05) is 59.6 Å². The minimum Gasteiger partial charge on any atom is -0.354 e. The van der Waals surface area contributed by atoms with Crippen LogP contribution in [-0.2, 0) is 11.3 Å². The number of carbonyl (C=O) groups excluding carboxylic acids is 1. The Bertz CT molecular complexity index is 1280. The molecule has 1 fully saturated rings. The van der Waals surface area contributed by atoms with E-state index in [0.717, 1.165) is 47.5 Å². The van der Waals surface area contributed by atoms with Gasteiger partial charge in [0.25, 0.3) is 0 Å². The summed E-state index contributed by atoms with van der Waals surface area (Å²) in [5.74, 6) is 0.869. The largest absolute Gasteiger partial charge is 0.354 e. The lowest BCUT2D eigenvalue weighted by molar-refractivity contribution is -0.125. The van der Waals surface area contributed by atoms with E-state index in [1.165, 1.54) is 5.56 Å². The number of anilines is 1. The fourth-order valence-corrected chi connectivity index (χ4v) is 4.61. The Morgan fingerprint density at radius 1 is 1.18 bits per heavy atom. The van der Waals surface area contributed by atoms with Crippen LogP contribution in [0.25, 0.3) is 16.8 Å². The molecule has 2 aromatic heterocycles. The van der Waals surface area contributed by atoms with Crippen molar-refractivity contribution in [1.29, 1.82) is 0 Å². The number of rotatable bonds is 5. The van der Waals surface area contributed by atoms with Crippen molar-refractivity contribution in [2.24, 2.45) is 5.92 Å². The lowest BCUT2D eigenvalue weighted by Crippen LogP contribution is -2.43. The fraction of sp³-hybridized carbons (Fsp3) is 0.269. The van der Waals surface area contributed by atoms with E-state index < -0.39 is 0 Å². The van der Waals surface area contributed by atoms with Gasteiger partial charge in [0.15, 0.2) is 5.82 Å². The molecule has 1 atom stereocenters. The van der Waals surface area contributed by atoms with E-state index in [-0.39, 0.29) is 11.8 Å². The van der Waals surface area contributed by atoms with Crippen LogP contribution < -0.4 is 10.2 Å². The van der Waals surface area contributed by atoms with Gasteiger partial charge in [-0.15, -0.1) is 0 Å². The van der Waals surface area contributed by atoms with E-state index in [1.807, 2.05) is 41.0 Å². The Hall–Kier alpha value is -3.38. The van der Waals surface area contributed by atoms with Crippen molar-refractivity contribution in [1.82, 2.24) is 19.9 Å². The van der Waals surface area contributed by atoms with Crippen LogP contribution >= 0.6 is 11.6 Å². The lowest BCUT2D eigenvalue weighted by atomic mass is 9.97. The molecule has 0 spiro atoms. The second-order valence-electron chi connectivity index (χ2n) is 8.58. The van der Waals surface area contributed by atoms with Crippen molar-refractivity contribution in [2.75, 3.05) is 18.0 Å². The highest BCUT2D eigenvalue weighted by atomic mass is 35.5. The fourth-order valence-electron chi connectivity index (χ4n) is 4.38. The van der Waals surface area contributed by atoms with Crippen molar-refractivity contribution in [3.8, 4) is 11.3 Å². The molecule has 33 heavy (non-hydrogen) atoms. The molecule has 1 aliphatic heterocycles. The van der Waals surface area contributed by atoms with Crippen molar-refractivity contribution in [3.63, 3.8) is 0 Å². The zero-order valence-electron chi connectivity index (χ0n) is 18.5. The Kier molecular flexibility index (Phi) is 6.01. The zero-order chi connectivity index (χ0) is 22.8. The summed E-state index contributed by atoms with van der Waals surface area (Å²) in [6.45, 7) is 4.11. The van der Waals surface area contributed by atoms with Crippen molar-refractivity contribution < 1.29 is 4.79 Å². The highest BCUT2D eigenvalue weighted by molar-refractivity contribution is 6.33.